The fourth-order valence-corrected chi connectivity index (χ4v) is 2.65. The van der Waals surface area contributed by atoms with E-state index in [1.165, 1.54) is 0 Å². The van der Waals surface area contributed by atoms with Crippen LogP contribution in [0, 0.1) is 0 Å². The van der Waals surface area contributed by atoms with Gasteiger partial charge < -0.3 is 20.3 Å². The van der Waals surface area contributed by atoms with Crippen LogP contribution < -0.4 is 10.6 Å². The van der Waals surface area contributed by atoms with Gasteiger partial charge in [-0.2, -0.15) is 0 Å². The lowest BCUT2D eigenvalue weighted by atomic mass is 10.1. The van der Waals surface area contributed by atoms with E-state index in [0.717, 1.165) is 25.9 Å². The van der Waals surface area contributed by atoms with Crippen molar-refractivity contribution < 1.29 is 14.3 Å². The summed E-state index contributed by atoms with van der Waals surface area (Å²) in [6, 6.07) is -0.335. The molecule has 0 saturated carbocycles. The third-order valence-corrected chi connectivity index (χ3v) is 3.77. The standard InChI is InChI=1S/C13H23N3O3/c1-2-11-13(18)15-7-8-16(11)12(17)9-19-10-3-5-14-6-4-10/h10-11,14H,2-9H2,1H3,(H,15,18). The monoisotopic (exact) mass is 269 g/mol. The summed E-state index contributed by atoms with van der Waals surface area (Å²) < 4.78 is 5.66. The molecule has 0 radical (unpaired) electrons. The number of ether oxygens (including phenoxy) is 1. The van der Waals surface area contributed by atoms with E-state index >= 15 is 0 Å². The fraction of sp³-hybridized carbons (Fsp3) is 0.846. The Bertz CT molecular complexity index is 329. The molecule has 2 amide bonds. The van der Waals surface area contributed by atoms with Gasteiger partial charge in [-0.25, -0.2) is 0 Å². The van der Waals surface area contributed by atoms with Crippen molar-refractivity contribution >= 4 is 11.8 Å². The van der Waals surface area contributed by atoms with Gasteiger partial charge in [-0.3, -0.25) is 9.59 Å². The Morgan fingerprint density at radius 1 is 1.37 bits per heavy atom. The van der Waals surface area contributed by atoms with E-state index in [-0.39, 0.29) is 30.6 Å². The second-order valence-corrected chi connectivity index (χ2v) is 5.06. The van der Waals surface area contributed by atoms with Gasteiger partial charge in [0.25, 0.3) is 0 Å². The molecule has 0 bridgehead atoms. The van der Waals surface area contributed by atoms with Crippen molar-refractivity contribution in [2.75, 3.05) is 32.8 Å². The van der Waals surface area contributed by atoms with Crippen LogP contribution in [0.5, 0.6) is 0 Å². The average Bonchev–Trinajstić information content (AvgIpc) is 2.45. The molecule has 0 aromatic heterocycles. The molecule has 6 nitrogen and oxygen atoms in total. The summed E-state index contributed by atoms with van der Waals surface area (Å²) in [6.07, 6.45) is 2.71. The van der Waals surface area contributed by atoms with Crippen LogP contribution in [0.15, 0.2) is 0 Å². The second kappa shape index (κ2) is 6.86. The Hall–Kier alpha value is -1.14. The Kier molecular flexibility index (Phi) is 5.15. The first-order chi connectivity index (χ1) is 9.22. The number of hydrogen-bond donors (Lipinski definition) is 2. The van der Waals surface area contributed by atoms with Crippen LogP contribution in [0.1, 0.15) is 26.2 Å². The molecule has 6 heteroatoms. The number of nitrogens with one attached hydrogen (secondary N) is 2. The second-order valence-electron chi connectivity index (χ2n) is 5.06. The molecular formula is C13H23N3O3. The van der Waals surface area contributed by atoms with Crippen molar-refractivity contribution in [2.45, 2.75) is 38.3 Å². The minimum atomic E-state index is -0.335. The molecule has 2 fully saturated rings. The number of carbonyl (C=O) groups excluding carboxylic acids is 2. The number of piperazine rings is 1. The molecule has 19 heavy (non-hydrogen) atoms. The van der Waals surface area contributed by atoms with Crippen molar-refractivity contribution in [3.63, 3.8) is 0 Å². The van der Waals surface area contributed by atoms with Gasteiger partial charge in [-0.1, -0.05) is 6.92 Å². The number of nitrogens with zero attached hydrogens (tertiary/aromatic N) is 1. The molecule has 0 spiro atoms. The van der Waals surface area contributed by atoms with Crippen LogP contribution in [0.25, 0.3) is 0 Å². The summed E-state index contributed by atoms with van der Waals surface area (Å²) >= 11 is 0. The maximum Gasteiger partial charge on any atom is 0.249 e. The Morgan fingerprint density at radius 2 is 2.11 bits per heavy atom. The average molecular weight is 269 g/mol. The van der Waals surface area contributed by atoms with Crippen LogP contribution >= 0.6 is 0 Å². The van der Waals surface area contributed by atoms with Gasteiger partial charge in [0, 0.05) is 13.1 Å². The van der Waals surface area contributed by atoms with Crippen molar-refractivity contribution in [3.8, 4) is 0 Å². The highest BCUT2D eigenvalue weighted by molar-refractivity contribution is 5.89. The SMILES string of the molecule is CCC1C(=O)NCCN1C(=O)COC1CCNCC1. The highest BCUT2D eigenvalue weighted by Gasteiger charge is 2.31. The number of carbonyl (C=O) groups is 2. The molecule has 0 aliphatic carbocycles. The van der Waals surface area contributed by atoms with Crippen molar-refractivity contribution in [3.05, 3.63) is 0 Å². The summed E-state index contributed by atoms with van der Waals surface area (Å²) in [7, 11) is 0. The van der Waals surface area contributed by atoms with Gasteiger partial charge in [0.15, 0.2) is 0 Å². The molecule has 2 N–H and O–H groups in total. The van der Waals surface area contributed by atoms with E-state index in [2.05, 4.69) is 10.6 Å². The fourth-order valence-electron chi connectivity index (χ4n) is 2.65. The predicted octanol–water partition coefficient (Wildman–Crippen LogP) is -0.508. The zero-order valence-corrected chi connectivity index (χ0v) is 11.5. The predicted molar refractivity (Wildman–Crippen MR) is 70.6 cm³/mol. The lowest BCUT2D eigenvalue weighted by Crippen LogP contribution is -2.57. The minimum absolute atomic E-state index is 0.0519. The lowest BCUT2D eigenvalue weighted by Gasteiger charge is -2.35. The van der Waals surface area contributed by atoms with Gasteiger partial charge in [0.2, 0.25) is 11.8 Å². The lowest BCUT2D eigenvalue weighted by molar-refractivity contribution is -0.148. The van der Waals surface area contributed by atoms with Gasteiger partial charge in [0.05, 0.1) is 6.10 Å². The van der Waals surface area contributed by atoms with Crippen LogP contribution in [0.3, 0.4) is 0 Å². The van der Waals surface area contributed by atoms with Crippen molar-refractivity contribution in [1.29, 1.82) is 0 Å². The summed E-state index contributed by atoms with van der Waals surface area (Å²) in [5, 5.41) is 6.05. The normalized spacial score (nSPS) is 25.2. The van der Waals surface area contributed by atoms with Gasteiger partial charge in [0.1, 0.15) is 12.6 Å². The topological polar surface area (TPSA) is 70.7 Å². The van der Waals surface area contributed by atoms with Crippen LogP contribution in [-0.4, -0.2) is 61.6 Å². The van der Waals surface area contributed by atoms with Crippen LogP contribution in [0.4, 0.5) is 0 Å². The molecular weight excluding hydrogens is 246 g/mol. The van der Waals surface area contributed by atoms with E-state index < -0.39 is 0 Å². The Balaban J connectivity index is 1.82. The third kappa shape index (κ3) is 3.67. The molecule has 2 heterocycles. The Labute approximate surface area is 113 Å². The number of amides is 2. The maximum absolute atomic E-state index is 12.2. The van der Waals surface area contributed by atoms with E-state index in [9.17, 15) is 9.59 Å². The van der Waals surface area contributed by atoms with E-state index in [1.54, 1.807) is 4.90 Å². The number of piperidine rings is 1. The van der Waals surface area contributed by atoms with Gasteiger partial charge in [-0.15, -0.1) is 0 Å². The van der Waals surface area contributed by atoms with Gasteiger partial charge in [-0.05, 0) is 32.4 Å². The van der Waals surface area contributed by atoms with Crippen molar-refractivity contribution in [2.24, 2.45) is 0 Å². The smallest absolute Gasteiger partial charge is 0.249 e. The number of rotatable bonds is 4. The molecule has 2 rings (SSSR count). The molecule has 2 saturated heterocycles. The molecule has 0 aromatic carbocycles. The third-order valence-electron chi connectivity index (χ3n) is 3.77. The number of hydrogen-bond acceptors (Lipinski definition) is 4. The molecule has 1 atom stereocenters. The largest absolute Gasteiger partial charge is 0.368 e. The summed E-state index contributed by atoms with van der Waals surface area (Å²) in [4.78, 5) is 25.5. The quantitative estimate of drug-likeness (QED) is 0.721. The van der Waals surface area contributed by atoms with Gasteiger partial charge >= 0.3 is 0 Å². The minimum Gasteiger partial charge on any atom is -0.368 e. The van der Waals surface area contributed by atoms with Crippen LogP contribution in [-0.2, 0) is 14.3 Å². The maximum atomic E-state index is 12.2. The van der Waals surface area contributed by atoms with E-state index in [1.807, 2.05) is 6.92 Å². The molecule has 0 aromatic rings. The molecule has 2 aliphatic heterocycles. The first-order valence-corrected chi connectivity index (χ1v) is 7.12. The van der Waals surface area contributed by atoms with E-state index in [0.29, 0.717) is 19.5 Å². The first-order valence-electron chi connectivity index (χ1n) is 7.12. The summed E-state index contributed by atoms with van der Waals surface area (Å²) in [6.45, 7) is 5.02. The summed E-state index contributed by atoms with van der Waals surface area (Å²) in [5.41, 5.74) is 0. The summed E-state index contributed by atoms with van der Waals surface area (Å²) in [5.74, 6) is -0.121. The van der Waals surface area contributed by atoms with Crippen molar-refractivity contribution in [1.82, 2.24) is 15.5 Å². The zero-order chi connectivity index (χ0) is 13.7. The first kappa shape index (κ1) is 14.3. The molecule has 2 aliphatic rings. The van der Waals surface area contributed by atoms with Crippen LogP contribution in [0.2, 0.25) is 0 Å². The highest BCUT2D eigenvalue weighted by Crippen LogP contribution is 2.11. The van der Waals surface area contributed by atoms with E-state index in [4.69, 9.17) is 4.74 Å². The Morgan fingerprint density at radius 3 is 2.79 bits per heavy atom. The molecule has 108 valence electrons. The molecule has 1 unspecified atom stereocenters. The zero-order valence-electron chi connectivity index (χ0n) is 11.5. The highest BCUT2D eigenvalue weighted by atomic mass is 16.5.